The molecule has 4 heterocycles. The van der Waals surface area contributed by atoms with Crippen molar-refractivity contribution in [3.8, 4) is 0 Å². The molecular formula is C26H33ClFN9O. The van der Waals surface area contributed by atoms with Crippen molar-refractivity contribution in [1.29, 1.82) is 0 Å². The summed E-state index contributed by atoms with van der Waals surface area (Å²) in [7, 11) is 0. The maximum Gasteiger partial charge on any atom is 0.256 e. The van der Waals surface area contributed by atoms with Gasteiger partial charge < -0.3 is 25.8 Å². The normalized spacial score (nSPS) is 20.4. The van der Waals surface area contributed by atoms with E-state index in [9.17, 15) is 9.18 Å². The number of aromatic amines is 1. The summed E-state index contributed by atoms with van der Waals surface area (Å²) in [5.74, 6) is 1.66. The summed E-state index contributed by atoms with van der Waals surface area (Å²) in [6.07, 6.45) is 1.37. The van der Waals surface area contributed by atoms with Gasteiger partial charge in [-0.2, -0.15) is 15.1 Å². The quantitative estimate of drug-likeness (QED) is 0.371. The van der Waals surface area contributed by atoms with Gasteiger partial charge in [0.05, 0.1) is 10.6 Å². The van der Waals surface area contributed by atoms with Gasteiger partial charge in [-0.3, -0.25) is 9.89 Å². The Hall–Kier alpha value is -3.44. The van der Waals surface area contributed by atoms with E-state index in [2.05, 4.69) is 44.9 Å². The van der Waals surface area contributed by atoms with E-state index in [0.29, 0.717) is 55.6 Å². The Bertz CT molecular complexity index is 1280. The number of hydrogen-bond acceptors (Lipinski definition) is 8. The number of aromatic nitrogens is 4. The lowest BCUT2D eigenvalue weighted by Gasteiger charge is -2.37. The van der Waals surface area contributed by atoms with Gasteiger partial charge in [-0.05, 0) is 45.7 Å². The van der Waals surface area contributed by atoms with E-state index in [1.807, 2.05) is 19.1 Å². The Labute approximate surface area is 226 Å². The molecule has 2 saturated heterocycles. The molecular weight excluding hydrogens is 509 g/mol. The lowest BCUT2D eigenvalue weighted by Crippen LogP contribution is -2.54. The lowest BCUT2D eigenvalue weighted by atomic mass is 10.0. The number of amides is 1. The SMILES string of the molecule is Cc1cc(Nc2cc(N3C[C@@H](C)N[C@@H](C)C3)nc(NC3CCN(C(=O)c4cccc(Cl)c4F)CC3)n2)n[nH]1. The summed E-state index contributed by atoms with van der Waals surface area (Å²) in [4.78, 5) is 26.4. The number of H-pyrrole nitrogens is 1. The van der Waals surface area contributed by atoms with E-state index >= 15 is 0 Å². The molecule has 12 heteroatoms. The fraction of sp³-hybridized carbons (Fsp3) is 0.462. The van der Waals surface area contributed by atoms with E-state index in [-0.39, 0.29) is 22.5 Å². The Morgan fingerprint density at radius 1 is 1.11 bits per heavy atom. The molecule has 0 saturated carbocycles. The summed E-state index contributed by atoms with van der Waals surface area (Å²) in [6, 6.07) is 9.10. The number of carbonyl (C=O) groups is 1. The van der Waals surface area contributed by atoms with Crippen LogP contribution in [0, 0.1) is 12.7 Å². The van der Waals surface area contributed by atoms with Crippen molar-refractivity contribution in [2.75, 3.05) is 41.7 Å². The highest BCUT2D eigenvalue weighted by atomic mass is 35.5. The number of aryl methyl sites for hydroxylation is 1. The highest BCUT2D eigenvalue weighted by Gasteiger charge is 2.27. The van der Waals surface area contributed by atoms with Crippen LogP contribution in [0.1, 0.15) is 42.7 Å². The van der Waals surface area contributed by atoms with E-state index in [0.717, 1.165) is 24.6 Å². The van der Waals surface area contributed by atoms with Gasteiger partial charge in [0.25, 0.3) is 5.91 Å². The molecule has 2 aromatic heterocycles. The Kier molecular flexibility index (Phi) is 7.66. The van der Waals surface area contributed by atoms with Gasteiger partial charge in [-0.15, -0.1) is 0 Å². The molecule has 4 N–H and O–H groups in total. The molecule has 0 aliphatic carbocycles. The highest BCUT2D eigenvalue weighted by molar-refractivity contribution is 6.31. The van der Waals surface area contributed by atoms with Crippen molar-refractivity contribution in [3.63, 3.8) is 0 Å². The standard InChI is InChI=1S/C26H33ClFN9O/c1-15-11-22(35-34-15)31-21-12-23(37-13-16(2)29-17(3)14-37)33-26(32-21)30-18-7-9-36(10-8-18)25(38)19-5-4-6-20(27)24(19)28/h4-6,11-12,16-18,29H,7-10,13-14H2,1-3H3,(H3,30,31,32,33,34,35)/t16-,17+. The van der Waals surface area contributed by atoms with Crippen LogP contribution in [-0.2, 0) is 0 Å². The average molecular weight is 542 g/mol. The number of piperazine rings is 1. The third-order valence-electron chi connectivity index (χ3n) is 6.85. The molecule has 0 spiro atoms. The molecule has 10 nitrogen and oxygen atoms in total. The summed E-state index contributed by atoms with van der Waals surface area (Å²) in [6.45, 7) is 8.93. The van der Waals surface area contributed by atoms with Crippen molar-refractivity contribution in [3.05, 3.63) is 52.4 Å². The second kappa shape index (κ2) is 11.1. The minimum absolute atomic E-state index is 0.00346. The summed E-state index contributed by atoms with van der Waals surface area (Å²) in [5.41, 5.74) is 0.951. The maximum absolute atomic E-state index is 14.4. The molecule has 2 atom stereocenters. The number of likely N-dealkylation sites (tertiary alicyclic amines) is 1. The van der Waals surface area contributed by atoms with Gasteiger partial charge in [-0.1, -0.05) is 17.7 Å². The molecule has 38 heavy (non-hydrogen) atoms. The van der Waals surface area contributed by atoms with Crippen molar-refractivity contribution in [2.45, 2.75) is 51.7 Å². The number of nitrogens with zero attached hydrogens (tertiary/aromatic N) is 5. The molecule has 2 aliphatic rings. The molecule has 0 radical (unpaired) electrons. The fourth-order valence-electron chi connectivity index (χ4n) is 5.10. The largest absolute Gasteiger partial charge is 0.353 e. The van der Waals surface area contributed by atoms with E-state index in [1.165, 1.54) is 12.1 Å². The summed E-state index contributed by atoms with van der Waals surface area (Å²) >= 11 is 5.87. The fourth-order valence-corrected chi connectivity index (χ4v) is 5.28. The number of rotatable bonds is 6. The monoisotopic (exact) mass is 541 g/mol. The summed E-state index contributed by atoms with van der Waals surface area (Å²) in [5, 5.41) is 17.5. The summed E-state index contributed by atoms with van der Waals surface area (Å²) < 4.78 is 14.4. The van der Waals surface area contributed by atoms with Crippen molar-refractivity contribution < 1.29 is 9.18 Å². The van der Waals surface area contributed by atoms with Gasteiger partial charge in [-0.25, -0.2) is 4.39 Å². The minimum Gasteiger partial charge on any atom is -0.353 e. The first-order chi connectivity index (χ1) is 18.2. The lowest BCUT2D eigenvalue weighted by molar-refractivity contribution is 0.0713. The number of piperidine rings is 1. The molecule has 2 aliphatic heterocycles. The zero-order chi connectivity index (χ0) is 26.8. The van der Waals surface area contributed by atoms with Crippen LogP contribution < -0.4 is 20.9 Å². The average Bonchev–Trinajstić information content (AvgIpc) is 3.29. The topological polar surface area (TPSA) is 114 Å². The van der Waals surface area contributed by atoms with E-state index in [1.54, 1.807) is 11.0 Å². The third kappa shape index (κ3) is 5.99. The molecule has 1 aromatic carbocycles. The van der Waals surface area contributed by atoms with Crippen LogP contribution in [0.4, 0.5) is 27.8 Å². The first-order valence-electron chi connectivity index (χ1n) is 12.9. The molecule has 0 bridgehead atoms. The van der Waals surface area contributed by atoms with Gasteiger partial charge in [0.1, 0.15) is 11.6 Å². The van der Waals surface area contributed by atoms with Crippen molar-refractivity contribution >= 4 is 40.9 Å². The molecule has 0 unspecified atom stereocenters. The first-order valence-corrected chi connectivity index (χ1v) is 13.3. The number of carbonyl (C=O) groups excluding carboxylic acids is 1. The van der Waals surface area contributed by atoms with Crippen LogP contribution in [-0.4, -0.2) is 75.3 Å². The molecule has 5 rings (SSSR count). The zero-order valence-electron chi connectivity index (χ0n) is 21.8. The van der Waals surface area contributed by atoms with Crippen LogP contribution in [0.3, 0.4) is 0 Å². The van der Waals surface area contributed by atoms with Gasteiger partial charge >= 0.3 is 0 Å². The number of anilines is 4. The Morgan fingerprint density at radius 2 is 1.84 bits per heavy atom. The number of hydrogen-bond donors (Lipinski definition) is 4. The second-order valence-corrected chi connectivity index (χ2v) is 10.6. The van der Waals surface area contributed by atoms with Crippen LogP contribution in [0.5, 0.6) is 0 Å². The minimum atomic E-state index is -0.673. The number of benzene rings is 1. The van der Waals surface area contributed by atoms with Crippen molar-refractivity contribution in [1.82, 2.24) is 30.4 Å². The van der Waals surface area contributed by atoms with Crippen LogP contribution in [0.2, 0.25) is 5.02 Å². The van der Waals surface area contributed by atoms with Gasteiger partial charge in [0.2, 0.25) is 5.95 Å². The van der Waals surface area contributed by atoms with E-state index < -0.39 is 5.82 Å². The first kappa shape index (κ1) is 26.2. The van der Waals surface area contributed by atoms with Crippen LogP contribution in [0.15, 0.2) is 30.3 Å². The van der Waals surface area contributed by atoms with Gasteiger partial charge in [0, 0.05) is 62.1 Å². The van der Waals surface area contributed by atoms with Crippen LogP contribution >= 0.6 is 11.6 Å². The molecule has 202 valence electrons. The Morgan fingerprint density at radius 3 is 2.53 bits per heavy atom. The van der Waals surface area contributed by atoms with Crippen LogP contribution in [0.25, 0.3) is 0 Å². The smallest absolute Gasteiger partial charge is 0.256 e. The predicted molar refractivity (Wildman–Crippen MR) is 147 cm³/mol. The predicted octanol–water partition coefficient (Wildman–Crippen LogP) is 3.95. The second-order valence-electron chi connectivity index (χ2n) is 10.2. The zero-order valence-corrected chi connectivity index (χ0v) is 22.5. The van der Waals surface area contributed by atoms with Crippen molar-refractivity contribution in [2.24, 2.45) is 0 Å². The van der Waals surface area contributed by atoms with E-state index in [4.69, 9.17) is 21.6 Å². The Balaban J connectivity index is 1.30. The molecule has 3 aromatic rings. The van der Waals surface area contributed by atoms with Gasteiger partial charge in [0.15, 0.2) is 11.6 Å². The highest BCUT2D eigenvalue weighted by Crippen LogP contribution is 2.25. The maximum atomic E-state index is 14.4. The molecule has 1 amide bonds. The molecule has 2 fully saturated rings. The number of nitrogens with one attached hydrogen (secondary N) is 4. The number of halogens is 2. The third-order valence-corrected chi connectivity index (χ3v) is 7.15.